The van der Waals surface area contributed by atoms with Gasteiger partial charge in [0.05, 0.1) is 21.9 Å². The van der Waals surface area contributed by atoms with Crippen molar-refractivity contribution in [3.05, 3.63) is 80.8 Å². The van der Waals surface area contributed by atoms with E-state index in [4.69, 9.17) is 81.2 Å². The molecule has 0 radical (unpaired) electrons. The third-order valence-corrected chi connectivity index (χ3v) is 11.7. The summed E-state index contributed by atoms with van der Waals surface area (Å²) in [6.07, 6.45) is 0. The first-order valence-electron chi connectivity index (χ1n) is 11.1. The first-order chi connectivity index (χ1) is 17.7. The zero-order chi connectivity index (χ0) is 27.9. The molecule has 5 atom stereocenters. The van der Waals surface area contributed by atoms with E-state index in [0.29, 0.717) is 10.0 Å². The van der Waals surface area contributed by atoms with Gasteiger partial charge in [-0.25, -0.2) is 5.01 Å². The normalized spacial score (nSPS) is 30.1. The average molecular weight is 656 g/mol. The highest BCUT2D eigenvalue weighted by Crippen LogP contribution is 2.77. The molecular formula is C25H15Cl7N2O4. The first-order valence-corrected chi connectivity index (χ1v) is 13.8. The van der Waals surface area contributed by atoms with Crippen LogP contribution >= 0.6 is 81.2 Å². The Balaban J connectivity index is 1.64. The Morgan fingerprint density at radius 3 is 1.74 bits per heavy atom. The van der Waals surface area contributed by atoms with Crippen molar-refractivity contribution < 1.29 is 19.2 Å². The van der Waals surface area contributed by atoms with Crippen LogP contribution in [-0.4, -0.2) is 53.6 Å². The van der Waals surface area contributed by atoms with Gasteiger partial charge < -0.3 is 0 Å². The number of carbonyl (C=O) groups excluding carboxylic acids is 4. The van der Waals surface area contributed by atoms with E-state index in [1.165, 1.54) is 31.2 Å². The molecule has 0 N–H and O–H groups in total. The van der Waals surface area contributed by atoms with E-state index in [-0.39, 0.29) is 21.2 Å². The second-order valence-electron chi connectivity index (χ2n) is 9.13. The number of allylic oxidation sites excluding steroid dienone is 2. The summed E-state index contributed by atoms with van der Waals surface area (Å²) in [5, 5.41) is 1.18. The minimum Gasteiger partial charge on any atom is -0.292 e. The molecule has 1 saturated heterocycles. The van der Waals surface area contributed by atoms with Crippen LogP contribution in [0.4, 0.5) is 0 Å². The largest absolute Gasteiger partial charge is 0.292 e. The molecule has 0 aromatic heterocycles. The molecule has 5 rings (SSSR count). The van der Waals surface area contributed by atoms with Crippen molar-refractivity contribution in [2.75, 3.05) is 0 Å². The lowest BCUT2D eigenvalue weighted by atomic mass is 9.84. The van der Waals surface area contributed by atoms with Crippen molar-refractivity contribution >= 4 is 105 Å². The van der Waals surface area contributed by atoms with E-state index in [1.54, 1.807) is 30.3 Å². The van der Waals surface area contributed by atoms with Crippen LogP contribution in [0.1, 0.15) is 27.6 Å². The van der Waals surface area contributed by atoms with Crippen LogP contribution in [0.25, 0.3) is 0 Å². The van der Waals surface area contributed by atoms with E-state index in [2.05, 4.69) is 0 Å². The number of imide groups is 1. The first kappa shape index (κ1) is 28.0. The molecule has 1 saturated carbocycles. The third-order valence-electron chi connectivity index (χ3n) is 7.20. The van der Waals surface area contributed by atoms with Crippen LogP contribution in [0.2, 0.25) is 5.02 Å². The van der Waals surface area contributed by atoms with Crippen LogP contribution in [-0.2, 0) is 9.59 Å². The number of halogens is 7. The minimum atomic E-state index is -2.14. The van der Waals surface area contributed by atoms with E-state index in [0.717, 1.165) is 5.01 Å². The van der Waals surface area contributed by atoms with Gasteiger partial charge in [0.15, 0.2) is 10.1 Å². The lowest BCUT2D eigenvalue weighted by Gasteiger charge is -2.38. The van der Waals surface area contributed by atoms with E-state index in [1.807, 2.05) is 0 Å². The topological polar surface area (TPSA) is 74.8 Å². The molecule has 198 valence electrons. The summed E-state index contributed by atoms with van der Waals surface area (Å²) >= 11 is 45.4. The van der Waals surface area contributed by atoms with Crippen LogP contribution in [0.3, 0.4) is 0 Å². The Labute approximate surface area is 252 Å². The number of hydrogen-bond acceptors (Lipinski definition) is 4. The van der Waals surface area contributed by atoms with Gasteiger partial charge in [-0.15, -0.1) is 23.2 Å². The van der Waals surface area contributed by atoms with Crippen LogP contribution < -0.4 is 0 Å². The van der Waals surface area contributed by atoms with E-state index >= 15 is 0 Å². The maximum atomic E-state index is 14.0. The summed E-state index contributed by atoms with van der Waals surface area (Å²) < 4.78 is -2.14. The Morgan fingerprint density at radius 1 is 0.789 bits per heavy atom. The number of ketones is 1. The maximum absolute atomic E-state index is 14.0. The van der Waals surface area contributed by atoms with Crippen molar-refractivity contribution in [2.45, 2.75) is 27.0 Å². The summed E-state index contributed by atoms with van der Waals surface area (Å²) in [6.45, 7) is 1.39. The van der Waals surface area contributed by atoms with E-state index < -0.39 is 55.5 Å². The van der Waals surface area contributed by atoms with Crippen LogP contribution in [0, 0.1) is 11.8 Å². The molecule has 13 heteroatoms. The molecule has 2 aromatic carbocycles. The predicted molar refractivity (Wildman–Crippen MR) is 147 cm³/mol. The highest BCUT2D eigenvalue weighted by molar-refractivity contribution is 6.66. The SMILES string of the molecule is C[C@H](C(=O)c1ccccc1)N(C(=O)c1ccc(Cl)cc1)N1C(=O)[C@@H]2[C@@H](C1=O)[C@@]1(Cl)C(Cl)=C(Cl)[C@@]2(Cl)C1(Cl)Cl. The maximum Gasteiger partial charge on any atom is 0.273 e. The van der Waals surface area contributed by atoms with Gasteiger partial charge in [0.1, 0.15) is 15.8 Å². The van der Waals surface area contributed by atoms with Gasteiger partial charge in [-0.2, -0.15) is 5.01 Å². The summed E-state index contributed by atoms with van der Waals surface area (Å²) in [5.74, 6) is -6.22. The Kier molecular flexibility index (Phi) is 6.84. The van der Waals surface area contributed by atoms with Gasteiger partial charge in [-0.3, -0.25) is 19.2 Å². The fraction of sp³-hybridized carbons (Fsp3) is 0.280. The summed E-state index contributed by atoms with van der Waals surface area (Å²) in [5.41, 5.74) is 0.311. The molecule has 3 aliphatic rings. The molecule has 6 nitrogen and oxygen atoms in total. The van der Waals surface area contributed by atoms with Gasteiger partial charge in [0.25, 0.3) is 17.7 Å². The quantitative estimate of drug-likeness (QED) is 0.212. The van der Waals surface area contributed by atoms with Gasteiger partial charge >= 0.3 is 0 Å². The monoisotopic (exact) mass is 652 g/mol. The molecule has 1 aliphatic heterocycles. The number of fused-ring (bicyclic) bond motifs is 5. The summed E-state index contributed by atoms with van der Waals surface area (Å²) in [7, 11) is 0. The number of alkyl halides is 4. The molecule has 38 heavy (non-hydrogen) atoms. The fourth-order valence-electron chi connectivity index (χ4n) is 5.31. The van der Waals surface area contributed by atoms with Crippen LogP contribution in [0.15, 0.2) is 64.7 Å². The molecule has 2 fully saturated rings. The van der Waals surface area contributed by atoms with Gasteiger partial charge in [-0.1, -0.05) is 88.3 Å². The molecular weight excluding hydrogens is 640 g/mol. The standard InChI is InChI=1S/C25H15Cl7N2O4/c1-11(17(35)12-5-3-2-4-6-12)33(20(36)13-7-9-14(26)10-8-13)34-21(37)15-16(22(34)38)24(30)19(28)18(27)23(15,29)25(24,31)32/h2-11,15-16H,1H3/t11-,15+,16+,23-,24-/m1/s1. The molecule has 2 aromatic rings. The van der Waals surface area contributed by atoms with Crippen molar-refractivity contribution in [3.63, 3.8) is 0 Å². The summed E-state index contributed by atoms with van der Waals surface area (Å²) in [4.78, 5) is 51.1. The molecule has 0 unspecified atom stereocenters. The predicted octanol–water partition coefficient (Wildman–Crippen LogP) is 6.42. The lowest BCUT2D eigenvalue weighted by molar-refractivity contribution is -0.157. The average Bonchev–Trinajstić information content (AvgIpc) is 3.28. The zero-order valence-electron chi connectivity index (χ0n) is 19.1. The number of carbonyl (C=O) groups is 4. The Hall–Kier alpha value is -1.51. The lowest BCUT2D eigenvalue weighted by Crippen LogP contribution is -2.59. The van der Waals surface area contributed by atoms with Crippen molar-refractivity contribution in [2.24, 2.45) is 11.8 Å². The van der Waals surface area contributed by atoms with Crippen molar-refractivity contribution in [3.8, 4) is 0 Å². The number of amides is 3. The highest BCUT2D eigenvalue weighted by Gasteiger charge is 2.88. The molecule has 2 aliphatic carbocycles. The zero-order valence-corrected chi connectivity index (χ0v) is 24.4. The van der Waals surface area contributed by atoms with Gasteiger partial charge in [0, 0.05) is 16.1 Å². The Bertz CT molecular complexity index is 1380. The van der Waals surface area contributed by atoms with Gasteiger partial charge in [-0.05, 0) is 31.2 Å². The fourth-order valence-corrected chi connectivity index (χ4v) is 8.37. The number of benzene rings is 2. The number of Topliss-reactive ketones (excluding diaryl/α,β-unsaturated/α-hetero) is 1. The molecule has 0 spiro atoms. The van der Waals surface area contributed by atoms with Crippen LogP contribution in [0.5, 0.6) is 0 Å². The minimum absolute atomic E-state index is 0.0575. The second kappa shape index (κ2) is 9.27. The molecule has 2 bridgehead atoms. The number of rotatable bonds is 5. The Morgan fingerprint density at radius 2 is 1.26 bits per heavy atom. The number of hydrogen-bond donors (Lipinski definition) is 0. The van der Waals surface area contributed by atoms with Crippen molar-refractivity contribution in [1.82, 2.24) is 10.0 Å². The molecule has 3 amide bonds. The third kappa shape index (κ3) is 3.41. The molecule has 1 heterocycles. The van der Waals surface area contributed by atoms with Gasteiger partial charge in [0.2, 0.25) is 0 Å². The van der Waals surface area contributed by atoms with Crippen molar-refractivity contribution in [1.29, 1.82) is 0 Å². The number of hydrazine groups is 1. The van der Waals surface area contributed by atoms with E-state index in [9.17, 15) is 19.2 Å². The second-order valence-corrected chi connectivity index (χ2v) is 12.8. The smallest absolute Gasteiger partial charge is 0.273 e. The summed E-state index contributed by atoms with van der Waals surface area (Å²) in [6, 6.07) is 12.5. The highest BCUT2D eigenvalue weighted by atomic mass is 35.5. The number of nitrogens with zero attached hydrogens (tertiary/aromatic N) is 2.